The van der Waals surface area contributed by atoms with Gasteiger partial charge in [0, 0.05) is 17.1 Å². The third-order valence-corrected chi connectivity index (χ3v) is 4.64. The van der Waals surface area contributed by atoms with Gasteiger partial charge in [-0.05, 0) is 60.5 Å². The van der Waals surface area contributed by atoms with Crippen molar-refractivity contribution in [2.75, 3.05) is 13.6 Å². The van der Waals surface area contributed by atoms with Crippen molar-refractivity contribution in [3.8, 4) is 0 Å². The van der Waals surface area contributed by atoms with E-state index >= 15 is 0 Å². The van der Waals surface area contributed by atoms with Gasteiger partial charge >= 0.3 is 0 Å². The molecule has 1 heterocycles. The standard InChI is InChI=1S/C16H33N3/c1-15(2)11-13(12-16(3,4)19(15)5)14(18)9-7-6-8-10-17/h11,14H,6-10,12,17-18H2,1-5H3. The number of nitrogens with zero attached hydrogens (tertiary/aromatic N) is 1. The van der Waals surface area contributed by atoms with Crippen molar-refractivity contribution in [1.82, 2.24) is 4.90 Å². The summed E-state index contributed by atoms with van der Waals surface area (Å²) in [6, 6.07) is 0.213. The summed E-state index contributed by atoms with van der Waals surface area (Å²) in [5.41, 5.74) is 13.6. The fourth-order valence-electron chi connectivity index (χ4n) is 3.11. The molecule has 1 atom stereocenters. The summed E-state index contributed by atoms with van der Waals surface area (Å²) in [6.45, 7) is 9.96. The van der Waals surface area contributed by atoms with Crippen LogP contribution in [0, 0.1) is 0 Å². The van der Waals surface area contributed by atoms with Crippen molar-refractivity contribution in [3.05, 3.63) is 11.6 Å². The van der Waals surface area contributed by atoms with Crippen LogP contribution in [0.5, 0.6) is 0 Å². The number of nitrogens with two attached hydrogens (primary N) is 2. The Morgan fingerprint density at radius 1 is 1.21 bits per heavy atom. The van der Waals surface area contributed by atoms with Gasteiger partial charge in [0.1, 0.15) is 0 Å². The maximum absolute atomic E-state index is 6.40. The molecule has 0 aliphatic carbocycles. The molecule has 3 heteroatoms. The second-order valence-corrected chi connectivity index (χ2v) is 7.17. The van der Waals surface area contributed by atoms with Crippen molar-refractivity contribution < 1.29 is 0 Å². The van der Waals surface area contributed by atoms with Gasteiger partial charge in [-0.15, -0.1) is 0 Å². The lowest BCUT2D eigenvalue weighted by Gasteiger charge is -2.50. The minimum Gasteiger partial charge on any atom is -0.330 e. The van der Waals surface area contributed by atoms with Gasteiger partial charge in [-0.25, -0.2) is 0 Å². The third-order valence-electron chi connectivity index (χ3n) is 4.64. The molecule has 4 N–H and O–H groups in total. The summed E-state index contributed by atoms with van der Waals surface area (Å²) in [5.74, 6) is 0. The molecule has 0 bridgehead atoms. The summed E-state index contributed by atoms with van der Waals surface area (Å²) >= 11 is 0. The molecule has 0 fully saturated rings. The molecule has 0 saturated carbocycles. The predicted molar refractivity (Wildman–Crippen MR) is 84.1 cm³/mol. The van der Waals surface area contributed by atoms with Gasteiger partial charge in [-0.3, -0.25) is 4.90 Å². The van der Waals surface area contributed by atoms with E-state index in [1.54, 1.807) is 0 Å². The topological polar surface area (TPSA) is 55.3 Å². The van der Waals surface area contributed by atoms with Crippen LogP contribution < -0.4 is 11.5 Å². The lowest BCUT2D eigenvalue weighted by molar-refractivity contribution is 0.0599. The normalized spacial score (nSPS) is 24.1. The van der Waals surface area contributed by atoms with Crippen molar-refractivity contribution in [1.29, 1.82) is 0 Å². The number of likely N-dealkylation sites (N-methyl/N-ethyl adjacent to an activating group) is 1. The Hall–Kier alpha value is -0.380. The van der Waals surface area contributed by atoms with Gasteiger partial charge in [0.2, 0.25) is 0 Å². The second-order valence-electron chi connectivity index (χ2n) is 7.17. The van der Waals surface area contributed by atoms with Crippen LogP contribution >= 0.6 is 0 Å². The van der Waals surface area contributed by atoms with Crippen LogP contribution in [0.15, 0.2) is 11.6 Å². The second kappa shape index (κ2) is 6.38. The van der Waals surface area contributed by atoms with E-state index < -0.39 is 0 Å². The summed E-state index contributed by atoms with van der Waals surface area (Å²) in [4.78, 5) is 2.45. The average Bonchev–Trinajstić information content (AvgIpc) is 2.30. The molecular weight excluding hydrogens is 234 g/mol. The zero-order valence-corrected chi connectivity index (χ0v) is 13.5. The molecule has 3 nitrogen and oxygen atoms in total. The van der Waals surface area contributed by atoms with E-state index in [1.165, 1.54) is 18.4 Å². The zero-order chi connectivity index (χ0) is 14.7. The minimum atomic E-state index is 0.0892. The smallest absolute Gasteiger partial charge is 0.0340 e. The van der Waals surface area contributed by atoms with E-state index in [4.69, 9.17) is 11.5 Å². The SMILES string of the molecule is CN1C(C)(C)C=C(C(N)CCCCCN)CC1(C)C. The molecule has 1 rings (SSSR count). The molecule has 0 aromatic carbocycles. The fraction of sp³-hybridized carbons (Fsp3) is 0.875. The van der Waals surface area contributed by atoms with E-state index in [0.29, 0.717) is 0 Å². The van der Waals surface area contributed by atoms with E-state index in [-0.39, 0.29) is 17.1 Å². The van der Waals surface area contributed by atoms with E-state index in [0.717, 1.165) is 25.8 Å². The predicted octanol–water partition coefficient (Wildman–Crippen LogP) is 2.65. The first-order valence-electron chi connectivity index (χ1n) is 7.62. The zero-order valence-electron chi connectivity index (χ0n) is 13.5. The highest BCUT2D eigenvalue weighted by Crippen LogP contribution is 2.37. The first-order valence-corrected chi connectivity index (χ1v) is 7.62. The number of hydrogen-bond acceptors (Lipinski definition) is 3. The number of hydrogen-bond donors (Lipinski definition) is 2. The van der Waals surface area contributed by atoms with Gasteiger partial charge in [0.15, 0.2) is 0 Å². The van der Waals surface area contributed by atoms with Crippen molar-refractivity contribution >= 4 is 0 Å². The summed E-state index contributed by atoms with van der Waals surface area (Å²) in [7, 11) is 2.21. The van der Waals surface area contributed by atoms with Crippen LogP contribution in [0.2, 0.25) is 0 Å². The van der Waals surface area contributed by atoms with Gasteiger partial charge in [-0.2, -0.15) is 0 Å². The molecule has 0 saturated heterocycles. The molecule has 0 spiro atoms. The van der Waals surface area contributed by atoms with Crippen molar-refractivity contribution in [2.24, 2.45) is 11.5 Å². The largest absolute Gasteiger partial charge is 0.330 e. The first kappa shape index (κ1) is 16.7. The van der Waals surface area contributed by atoms with Gasteiger partial charge in [0.25, 0.3) is 0 Å². The van der Waals surface area contributed by atoms with E-state index in [9.17, 15) is 0 Å². The Morgan fingerprint density at radius 3 is 2.37 bits per heavy atom. The summed E-state index contributed by atoms with van der Waals surface area (Å²) in [5, 5.41) is 0. The molecule has 1 unspecified atom stereocenters. The molecule has 1 aliphatic rings. The quantitative estimate of drug-likeness (QED) is 0.574. The highest BCUT2D eigenvalue weighted by molar-refractivity contribution is 5.24. The molecule has 1 aliphatic heterocycles. The first-order chi connectivity index (χ1) is 8.70. The number of rotatable bonds is 6. The Morgan fingerprint density at radius 2 is 1.84 bits per heavy atom. The summed E-state index contributed by atoms with van der Waals surface area (Å²) < 4.78 is 0. The van der Waals surface area contributed by atoms with Gasteiger partial charge in [0.05, 0.1) is 0 Å². The Labute approximate surface area is 119 Å². The Bertz CT molecular complexity index is 318. The molecule has 0 radical (unpaired) electrons. The molecule has 19 heavy (non-hydrogen) atoms. The van der Waals surface area contributed by atoms with Crippen molar-refractivity contribution in [3.63, 3.8) is 0 Å². The summed E-state index contributed by atoms with van der Waals surface area (Å²) in [6.07, 6.45) is 8.04. The Kier molecular flexibility index (Phi) is 5.60. The monoisotopic (exact) mass is 267 g/mol. The molecule has 0 aromatic heterocycles. The van der Waals surface area contributed by atoms with Crippen LogP contribution in [0.4, 0.5) is 0 Å². The van der Waals surface area contributed by atoms with Crippen LogP contribution in [0.3, 0.4) is 0 Å². The van der Waals surface area contributed by atoms with Crippen LogP contribution in [-0.2, 0) is 0 Å². The molecular formula is C16H33N3. The number of unbranched alkanes of at least 4 members (excludes halogenated alkanes) is 2. The van der Waals surface area contributed by atoms with Crippen molar-refractivity contribution in [2.45, 2.75) is 76.9 Å². The highest BCUT2D eigenvalue weighted by Gasteiger charge is 2.39. The van der Waals surface area contributed by atoms with Crippen LogP contribution in [-0.4, -0.2) is 35.6 Å². The molecule has 112 valence electrons. The van der Waals surface area contributed by atoms with Gasteiger partial charge in [-0.1, -0.05) is 24.5 Å². The fourth-order valence-corrected chi connectivity index (χ4v) is 3.11. The maximum atomic E-state index is 6.40. The van der Waals surface area contributed by atoms with Gasteiger partial charge < -0.3 is 11.5 Å². The lowest BCUT2D eigenvalue weighted by atomic mass is 9.78. The Balaban J connectivity index is 2.66. The van der Waals surface area contributed by atoms with Crippen LogP contribution in [0.1, 0.15) is 59.8 Å². The maximum Gasteiger partial charge on any atom is 0.0340 e. The average molecular weight is 267 g/mol. The highest BCUT2D eigenvalue weighted by atomic mass is 15.2. The molecule has 0 amide bonds. The van der Waals surface area contributed by atoms with Crippen LogP contribution in [0.25, 0.3) is 0 Å². The third kappa shape index (κ3) is 4.30. The van der Waals surface area contributed by atoms with E-state index in [2.05, 4.69) is 45.7 Å². The minimum absolute atomic E-state index is 0.0892. The lowest BCUT2D eigenvalue weighted by Crippen LogP contribution is -2.56. The molecule has 0 aromatic rings. The van der Waals surface area contributed by atoms with E-state index in [1.807, 2.05) is 0 Å².